The standard InChI is InChI=1S/C24H27N3O3/c1-4-30-23(29)20-21(17-10-6-5-7-11-17)27-19-13-9-8-12-18(19)25-24(27)26(22(20)28)15-14-16(2)3/h5-13,16,20-21H,4,14-15H2,1-3H3/t20-,21+/m0/s1. The zero-order chi connectivity index (χ0) is 21.3. The molecule has 0 fully saturated rings. The summed E-state index contributed by atoms with van der Waals surface area (Å²) in [5.74, 6) is -0.676. The number of ether oxygens (including phenoxy) is 1. The highest BCUT2D eigenvalue weighted by atomic mass is 16.5. The van der Waals surface area contributed by atoms with Gasteiger partial charge in [0, 0.05) is 6.54 Å². The van der Waals surface area contributed by atoms with E-state index in [0.29, 0.717) is 18.4 Å². The number of hydrogen-bond acceptors (Lipinski definition) is 4. The number of rotatable bonds is 6. The van der Waals surface area contributed by atoms with Crippen LogP contribution in [0.3, 0.4) is 0 Å². The normalized spacial score (nSPS) is 18.7. The fourth-order valence-corrected chi connectivity index (χ4v) is 4.10. The van der Waals surface area contributed by atoms with Gasteiger partial charge in [0.15, 0.2) is 5.92 Å². The molecule has 30 heavy (non-hydrogen) atoms. The summed E-state index contributed by atoms with van der Waals surface area (Å²) in [5, 5.41) is 0. The summed E-state index contributed by atoms with van der Waals surface area (Å²) < 4.78 is 7.40. The topological polar surface area (TPSA) is 64.4 Å². The van der Waals surface area contributed by atoms with Crippen molar-refractivity contribution in [2.24, 2.45) is 11.8 Å². The number of amides is 1. The molecular formula is C24H27N3O3. The van der Waals surface area contributed by atoms with E-state index in [1.165, 1.54) is 0 Å². The summed E-state index contributed by atoms with van der Waals surface area (Å²) in [6, 6.07) is 17.0. The van der Waals surface area contributed by atoms with Crippen LogP contribution < -0.4 is 4.90 Å². The number of carbonyl (C=O) groups is 2. The molecule has 4 rings (SSSR count). The fourth-order valence-electron chi connectivity index (χ4n) is 4.10. The first-order valence-corrected chi connectivity index (χ1v) is 10.5. The van der Waals surface area contributed by atoms with Crippen molar-refractivity contribution < 1.29 is 14.3 Å². The lowest BCUT2D eigenvalue weighted by atomic mass is 9.89. The van der Waals surface area contributed by atoms with Crippen LogP contribution in [0, 0.1) is 11.8 Å². The minimum absolute atomic E-state index is 0.230. The Balaban J connectivity index is 1.95. The smallest absolute Gasteiger partial charge is 0.321 e. The van der Waals surface area contributed by atoms with Gasteiger partial charge in [-0.2, -0.15) is 0 Å². The lowest BCUT2D eigenvalue weighted by molar-refractivity contribution is -0.153. The summed E-state index contributed by atoms with van der Waals surface area (Å²) in [5.41, 5.74) is 2.59. The number of benzene rings is 2. The van der Waals surface area contributed by atoms with Crippen LogP contribution in [0.4, 0.5) is 5.95 Å². The Labute approximate surface area is 176 Å². The summed E-state index contributed by atoms with van der Waals surface area (Å²) in [6.07, 6.45) is 0.820. The van der Waals surface area contributed by atoms with E-state index in [4.69, 9.17) is 9.72 Å². The molecule has 156 valence electrons. The van der Waals surface area contributed by atoms with E-state index in [-0.39, 0.29) is 12.5 Å². The van der Waals surface area contributed by atoms with Gasteiger partial charge in [-0.05, 0) is 37.0 Å². The number of esters is 1. The molecule has 6 heteroatoms. The van der Waals surface area contributed by atoms with Crippen molar-refractivity contribution in [3.05, 3.63) is 60.2 Å². The van der Waals surface area contributed by atoms with Crippen molar-refractivity contribution in [2.45, 2.75) is 33.2 Å². The quantitative estimate of drug-likeness (QED) is 0.455. The molecule has 3 aromatic rings. The minimum Gasteiger partial charge on any atom is -0.465 e. The van der Waals surface area contributed by atoms with Crippen molar-refractivity contribution in [3.8, 4) is 0 Å². The van der Waals surface area contributed by atoms with Gasteiger partial charge >= 0.3 is 5.97 Å². The van der Waals surface area contributed by atoms with Crippen LogP contribution in [0.15, 0.2) is 54.6 Å². The molecule has 0 aliphatic carbocycles. The largest absolute Gasteiger partial charge is 0.465 e. The maximum Gasteiger partial charge on any atom is 0.321 e. The van der Waals surface area contributed by atoms with Gasteiger partial charge in [0.2, 0.25) is 11.9 Å². The third kappa shape index (κ3) is 3.47. The van der Waals surface area contributed by atoms with E-state index >= 15 is 0 Å². The molecule has 2 heterocycles. The summed E-state index contributed by atoms with van der Waals surface area (Å²) >= 11 is 0. The lowest BCUT2D eigenvalue weighted by Gasteiger charge is -2.38. The summed E-state index contributed by atoms with van der Waals surface area (Å²) in [4.78, 5) is 33.2. The predicted octanol–water partition coefficient (Wildman–Crippen LogP) is 4.20. The lowest BCUT2D eigenvalue weighted by Crippen LogP contribution is -2.50. The second kappa shape index (κ2) is 8.30. The van der Waals surface area contributed by atoms with Gasteiger partial charge in [-0.15, -0.1) is 0 Å². The zero-order valence-corrected chi connectivity index (χ0v) is 17.6. The molecule has 0 bridgehead atoms. The van der Waals surface area contributed by atoms with Gasteiger partial charge in [0.25, 0.3) is 0 Å². The van der Waals surface area contributed by atoms with Crippen molar-refractivity contribution in [1.29, 1.82) is 0 Å². The summed E-state index contributed by atoms with van der Waals surface area (Å²) in [7, 11) is 0. The first kappa shape index (κ1) is 20.1. The van der Waals surface area contributed by atoms with Crippen molar-refractivity contribution in [2.75, 3.05) is 18.1 Å². The van der Waals surface area contributed by atoms with Crippen LogP contribution in [0.2, 0.25) is 0 Å². The highest BCUT2D eigenvalue weighted by Gasteiger charge is 2.47. The molecule has 0 saturated heterocycles. The molecule has 0 saturated carbocycles. The van der Waals surface area contributed by atoms with Gasteiger partial charge in [-0.25, -0.2) is 4.98 Å². The number of hydrogen-bond donors (Lipinski definition) is 0. The third-order valence-corrected chi connectivity index (χ3v) is 5.56. The number of fused-ring (bicyclic) bond motifs is 3. The van der Waals surface area contributed by atoms with E-state index in [9.17, 15) is 9.59 Å². The van der Waals surface area contributed by atoms with Crippen LogP contribution in [-0.4, -0.2) is 34.6 Å². The monoisotopic (exact) mass is 405 g/mol. The predicted molar refractivity (Wildman–Crippen MR) is 116 cm³/mol. The number of para-hydroxylation sites is 2. The van der Waals surface area contributed by atoms with Gasteiger partial charge in [0.05, 0.1) is 23.7 Å². The second-order valence-electron chi connectivity index (χ2n) is 8.03. The number of imidazole rings is 1. The van der Waals surface area contributed by atoms with Crippen molar-refractivity contribution in [3.63, 3.8) is 0 Å². The molecule has 0 N–H and O–H groups in total. The Morgan fingerprint density at radius 3 is 2.50 bits per heavy atom. The molecule has 2 atom stereocenters. The van der Waals surface area contributed by atoms with Crippen LogP contribution >= 0.6 is 0 Å². The Kier molecular flexibility index (Phi) is 5.57. The summed E-state index contributed by atoms with van der Waals surface area (Å²) in [6.45, 7) is 6.74. The molecule has 6 nitrogen and oxygen atoms in total. The highest BCUT2D eigenvalue weighted by Crippen LogP contribution is 2.41. The number of nitrogens with zero attached hydrogens (tertiary/aromatic N) is 3. The van der Waals surface area contributed by atoms with E-state index in [0.717, 1.165) is 23.0 Å². The molecule has 0 unspecified atom stereocenters. The maximum atomic E-state index is 13.6. The first-order chi connectivity index (χ1) is 14.5. The molecule has 2 aromatic carbocycles. The Morgan fingerprint density at radius 1 is 1.10 bits per heavy atom. The number of anilines is 1. The number of carbonyl (C=O) groups excluding carboxylic acids is 2. The van der Waals surface area contributed by atoms with Crippen LogP contribution in [0.1, 0.15) is 38.8 Å². The Hall–Kier alpha value is -3.15. The van der Waals surface area contributed by atoms with Gasteiger partial charge < -0.3 is 9.30 Å². The molecule has 1 aromatic heterocycles. The van der Waals surface area contributed by atoms with E-state index in [1.54, 1.807) is 11.8 Å². The average molecular weight is 405 g/mol. The Bertz CT molecular complexity index is 1060. The molecule has 1 amide bonds. The maximum absolute atomic E-state index is 13.6. The van der Waals surface area contributed by atoms with Crippen molar-refractivity contribution >= 4 is 28.9 Å². The zero-order valence-electron chi connectivity index (χ0n) is 17.6. The molecule has 0 radical (unpaired) electrons. The molecule has 1 aliphatic rings. The number of aromatic nitrogens is 2. The highest BCUT2D eigenvalue weighted by molar-refractivity contribution is 6.08. The van der Waals surface area contributed by atoms with Crippen LogP contribution in [0.5, 0.6) is 0 Å². The third-order valence-electron chi connectivity index (χ3n) is 5.56. The van der Waals surface area contributed by atoms with Gasteiger partial charge in [0.1, 0.15) is 0 Å². The van der Waals surface area contributed by atoms with Crippen LogP contribution in [-0.2, 0) is 14.3 Å². The van der Waals surface area contributed by atoms with Crippen LogP contribution in [0.25, 0.3) is 11.0 Å². The SMILES string of the molecule is CCOC(=O)[C@@H]1C(=O)N(CCC(C)C)c2nc3ccccc3n2[C@@H]1c1ccccc1. The van der Waals surface area contributed by atoms with Gasteiger partial charge in [-0.3, -0.25) is 14.5 Å². The van der Waals surface area contributed by atoms with Crippen molar-refractivity contribution in [1.82, 2.24) is 9.55 Å². The molecular weight excluding hydrogens is 378 g/mol. The minimum atomic E-state index is -0.954. The molecule has 1 aliphatic heterocycles. The fraction of sp³-hybridized carbons (Fsp3) is 0.375. The second-order valence-corrected chi connectivity index (χ2v) is 8.03. The van der Waals surface area contributed by atoms with E-state index < -0.39 is 17.9 Å². The first-order valence-electron chi connectivity index (χ1n) is 10.5. The van der Waals surface area contributed by atoms with E-state index in [1.807, 2.05) is 59.2 Å². The van der Waals surface area contributed by atoms with E-state index in [2.05, 4.69) is 13.8 Å². The van der Waals surface area contributed by atoms with Gasteiger partial charge in [-0.1, -0.05) is 56.3 Å². The average Bonchev–Trinajstić information content (AvgIpc) is 3.12. The molecule has 0 spiro atoms. The Morgan fingerprint density at radius 2 is 1.80 bits per heavy atom.